The molecular formula is C14H21N3O5S. The van der Waals surface area contributed by atoms with Crippen LogP contribution in [-0.4, -0.2) is 44.6 Å². The van der Waals surface area contributed by atoms with Gasteiger partial charge in [-0.05, 0) is 32.9 Å². The second-order valence-electron chi connectivity index (χ2n) is 6.31. The van der Waals surface area contributed by atoms with Gasteiger partial charge >= 0.3 is 5.69 Å². The molecule has 1 N–H and O–H groups in total. The van der Waals surface area contributed by atoms with E-state index in [4.69, 9.17) is 0 Å². The predicted octanol–water partition coefficient (Wildman–Crippen LogP) is 1.35. The molecule has 0 saturated carbocycles. The number of nitro groups is 1. The highest BCUT2D eigenvalue weighted by atomic mass is 32.2. The zero-order chi connectivity index (χ0) is 18.0. The summed E-state index contributed by atoms with van der Waals surface area (Å²) in [7, 11) is -2.26. The van der Waals surface area contributed by atoms with Crippen LogP contribution in [0.25, 0.3) is 0 Å². The lowest BCUT2D eigenvalue weighted by atomic mass is 10.1. The average molecular weight is 343 g/mol. The molecule has 0 radical (unpaired) electrons. The van der Waals surface area contributed by atoms with Crippen LogP contribution in [0.5, 0.6) is 0 Å². The third kappa shape index (κ3) is 5.20. The highest BCUT2D eigenvalue weighted by Gasteiger charge is 2.28. The van der Waals surface area contributed by atoms with Crippen LogP contribution in [0.15, 0.2) is 23.1 Å². The molecule has 0 aliphatic rings. The van der Waals surface area contributed by atoms with E-state index in [1.807, 2.05) is 20.8 Å². The first kappa shape index (κ1) is 18.9. The van der Waals surface area contributed by atoms with Crippen molar-refractivity contribution in [1.82, 2.24) is 5.32 Å². The summed E-state index contributed by atoms with van der Waals surface area (Å²) in [4.78, 5) is 23.5. The smallest absolute Gasteiger partial charge is 0.311 e. The Morgan fingerprint density at radius 1 is 1.35 bits per heavy atom. The number of sulfone groups is 1. The topological polar surface area (TPSA) is 110 Å². The van der Waals surface area contributed by atoms with Gasteiger partial charge in [0.25, 0.3) is 0 Å². The van der Waals surface area contributed by atoms with E-state index in [9.17, 15) is 23.3 Å². The Morgan fingerprint density at radius 3 is 2.35 bits per heavy atom. The van der Waals surface area contributed by atoms with Gasteiger partial charge in [-0.3, -0.25) is 14.9 Å². The number of hydrogen-bond acceptors (Lipinski definition) is 6. The lowest BCUT2D eigenvalue weighted by Gasteiger charge is -2.24. The van der Waals surface area contributed by atoms with Crippen molar-refractivity contribution in [1.29, 1.82) is 0 Å². The number of carbonyl (C=O) groups is 1. The van der Waals surface area contributed by atoms with Gasteiger partial charge in [0.05, 0.1) is 11.5 Å². The number of nitrogens with one attached hydrogen (secondary N) is 1. The molecule has 0 aromatic heterocycles. The summed E-state index contributed by atoms with van der Waals surface area (Å²) in [5.41, 5.74) is -0.888. The van der Waals surface area contributed by atoms with Gasteiger partial charge in [-0.15, -0.1) is 0 Å². The monoisotopic (exact) mass is 343 g/mol. The Morgan fingerprint density at radius 2 is 1.91 bits per heavy atom. The molecule has 0 unspecified atom stereocenters. The number of benzene rings is 1. The number of nitrogens with zero attached hydrogens (tertiary/aromatic N) is 2. The van der Waals surface area contributed by atoms with E-state index >= 15 is 0 Å². The summed E-state index contributed by atoms with van der Waals surface area (Å²) in [5.74, 6) is -0.320. The summed E-state index contributed by atoms with van der Waals surface area (Å²) >= 11 is 0. The molecule has 0 spiro atoms. The fourth-order valence-corrected chi connectivity index (χ4v) is 2.92. The molecule has 0 aliphatic carbocycles. The quantitative estimate of drug-likeness (QED) is 0.638. The molecule has 0 atom stereocenters. The Bertz CT molecular complexity index is 722. The molecule has 0 saturated heterocycles. The molecule has 128 valence electrons. The standard InChI is InChI=1S/C14H21N3O5S/c1-14(2,3)15-12(18)9-16(4)10-7-6-8-11(23(5,21)22)13(10)17(19)20/h6-8H,9H2,1-5H3,(H,15,18). The lowest BCUT2D eigenvalue weighted by molar-refractivity contribution is -0.387. The number of nitro benzene ring substituents is 1. The Hall–Kier alpha value is -2.16. The van der Waals surface area contributed by atoms with Crippen LogP contribution in [0.1, 0.15) is 20.8 Å². The Labute approximate surface area is 135 Å². The van der Waals surface area contributed by atoms with Gasteiger partial charge in [0.2, 0.25) is 5.91 Å². The minimum atomic E-state index is -3.76. The van der Waals surface area contributed by atoms with Crippen molar-refractivity contribution < 1.29 is 18.1 Å². The van der Waals surface area contributed by atoms with Gasteiger partial charge in [0, 0.05) is 18.8 Å². The SMILES string of the molecule is CN(CC(=O)NC(C)(C)C)c1cccc(S(C)(=O)=O)c1[N+](=O)[O-]. The second-order valence-corrected chi connectivity index (χ2v) is 8.29. The maximum atomic E-state index is 12.0. The molecule has 23 heavy (non-hydrogen) atoms. The van der Waals surface area contributed by atoms with Crippen LogP contribution < -0.4 is 10.2 Å². The molecule has 1 aromatic rings. The number of likely N-dealkylation sites (N-methyl/N-ethyl adjacent to an activating group) is 1. The molecule has 0 heterocycles. The number of hydrogen-bond donors (Lipinski definition) is 1. The van der Waals surface area contributed by atoms with E-state index in [1.54, 1.807) is 0 Å². The summed E-state index contributed by atoms with van der Waals surface area (Å²) in [6, 6.07) is 4.01. The fourth-order valence-electron chi connectivity index (χ4n) is 2.06. The van der Waals surface area contributed by atoms with Crippen LogP contribution >= 0.6 is 0 Å². The highest BCUT2D eigenvalue weighted by Crippen LogP contribution is 2.33. The van der Waals surface area contributed by atoms with Crippen LogP contribution in [0.2, 0.25) is 0 Å². The van der Waals surface area contributed by atoms with Crippen molar-refractivity contribution in [2.24, 2.45) is 0 Å². The van der Waals surface area contributed by atoms with Gasteiger partial charge in [-0.25, -0.2) is 8.42 Å². The van der Waals surface area contributed by atoms with Crippen molar-refractivity contribution >= 4 is 27.1 Å². The van der Waals surface area contributed by atoms with E-state index in [1.165, 1.54) is 30.1 Å². The van der Waals surface area contributed by atoms with Gasteiger partial charge in [0.15, 0.2) is 9.84 Å². The number of carbonyl (C=O) groups excluding carboxylic acids is 1. The lowest BCUT2D eigenvalue weighted by Crippen LogP contribution is -2.45. The minimum absolute atomic E-state index is 0.0713. The molecule has 9 heteroatoms. The maximum Gasteiger partial charge on any atom is 0.311 e. The minimum Gasteiger partial charge on any atom is -0.360 e. The third-order valence-electron chi connectivity index (χ3n) is 2.87. The van der Waals surface area contributed by atoms with Crippen molar-refractivity contribution in [3.63, 3.8) is 0 Å². The number of anilines is 1. The molecule has 0 fully saturated rings. The van der Waals surface area contributed by atoms with E-state index in [2.05, 4.69) is 5.32 Å². The van der Waals surface area contributed by atoms with Crippen LogP contribution in [-0.2, 0) is 14.6 Å². The van der Waals surface area contributed by atoms with Crippen molar-refractivity contribution in [2.45, 2.75) is 31.2 Å². The number of rotatable bonds is 5. The predicted molar refractivity (Wildman–Crippen MR) is 87.4 cm³/mol. The normalized spacial score (nSPS) is 11.9. The highest BCUT2D eigenvalue weighted by molar-refractivity contribution is 7.90. The molecule has 1 rings (SSSR count). The maximum absolute atomic E-state index is 12.0. The summed E-state index contributed by atoms with van der Waals surface area (Å²) in [5, 5.41) is 14.1. The van der Waals surface area contributed by atoms with Gasteiger partial charge in [-0.2, -0.15) is 0 Å². The molecule has 0 bridgehead atoms. The first-order valence-electron chi connectivity index (χ1n) is 6.82. The van der Waals surface area contributed by atoms with Gasteiger partial charge in [-0.1, -0.05) is 6.07 Å². The molecule has 0 aliphatic heterocycles. The van der Waals surface area contributed by atoms with Crippen LogP contribution in [0.3, 0.4) is 0 Å². The van der Waals surface area contributed by atoms with E-state index in [-0.39, 0.29) is 23.0 Å². The van der Waals surface area contributed by atoms with E-state index in [0.717, 1.165) is 6.26 Å². The zero-order valence-corrected chi connectivity index (χ0v) is 14.6. The van der Waals surface area contributed by atoms with Crippen molar-refractivity contribution in [2.75, 3.05) is 24.7 Å². The van der Waals surface area contributed by atoms with E-state index < -0.39 is 26.0 Å². The largest absolute Gasteiger partial charge is 0.360 e. The summed E-state index contributed by atoms with van der Waals surface area (Å²) < 4.78 is 23.5. The summed E-state index contributed by atoms with van der Waals surface area (Å²) in [6.07, 6.45) is 0.908. The molecule has 1 amide bonds. The van der Waals surface area contributed by atoms with E-state index in [0.29, 0.717) is 0 Å². The number of para-hydroxylation sites is 1. The fraction of sp³-hybridized carbons (Fsp3) is 0.500. The van der Waals surface area contributed by atoms with Gasteiger partial charge in [0.1, 0.15) is 10.6 Å². The van der Waals surface area contributed by atoms with Crippen LogP contribution in [0.4, 0.5) is 11.4 Å². The van der Waals surface area contributed by atoms with Crippen molar-refractivity contribution in [3.8, 4) is 0 Å². The zero-order valence-electron chi connectivity index (χ0n) is 13.8. The molecule has 8 nitrogen and oxygen atoms in total. The molecular weight excluding hydrogens is 322 g/mol. The second kappa shape index (κ2) is 6.53. The number of amides is 1. The van der Waals surface area contributed by atoms with Gasteiger partial charge < -0.3 is 10.2 Å². The Kier molecular flexibility index (Phi) is 5.36. The first-order valence-corrected chi connectivity index (χ1v) is 8.71. The Balaban J connectivity index is 3.23. The molecule has 1 aromatic carbocycles. The van der Waals surface area contributed by atoms with Crippen LogP contribution in [0, 0.1) is 10.1 Å². The average Bonchev–Trinajstić information content (AvgIpc) is 2.34. The summed E-state index contributed by atoms with van der Waals surface area (Å²) in [6.45, 7) is 5.32. The van der Waals surface area contributed by atoms with Crippen molar-refractivity contribution in [3.05, 3.63) is 28.3 Å². The first-order chi connectivity index (χ1) is 10.3. The third-order valence-corrected chi connectivity index (χ3v) is 3.99.